The molecule has 0 aliphatic heterocycles. The molecule has 2 aromatic carbocycles. The van der Waals surface area contributed by atoms with Crippen LogP contribution in [0.25, 0.3) is 0 Å². The van der Waals surface area contributed by atoms with Gasteiger partial charge in [0.05, 0.1) is 17.7 Å². The van der Waals surface area contributed by atoms with Crippen molar-refractivity contribution in [2.75, 3.05) is 11.9 Å². The van der Waals surface area contributed by atoms with Crippen molar-refractivity contribution in [3.05, 3.63) is 62.3 Å². The summed E-state index contributed by atoms with van der Waals surface area (Å²) in [6.07, 6.45) is 0. The molecule has 1 atom stereocenters. The Kier molecular flexibility index (Phi) is 5.27. The lowest BCUT2D eigenvalue weighted by Crippen LogP contribution is -2.17. The van der Waals surface area contributed by atoms with Crippen molar-refractivity contribution in [1.29, 1.82) is 0 Å². The van der Waals surface area contributed by atoms with Crippen molar-refractivity contribution in [3.63, 3.8) is 0 Å². The summed E-state index contributed by atoms with van der Waals surface area (Å²) in [6, 6.07) is 8.96. The summed E-state index contributed by atoms with van der Waals surface area (Å²) in [5.41, 5.74) is 0.933. The van der Waals surface area contributed by atoms with Crippen LogP contribution in [0.2, 0.25) is 10.0 Å². The Labute approximate surface area is 134 Å². The van der Waals surface area contributed by atoms with E-state index in [9.17, 15) is 9.50 Å². The average Bonchev–Trinajstić information content (AvgIpc) is 2.41. The first kappa shape index (κ1) is 15.6. The molecule has 0 saturated heterocycles. The second-order valence-corrected chi connectivity index (χ2v) is 5.81. The van der Waals surface area contributed by atoms with E-state index in [4.69, 9.17) is 23.2 Å². The van der Waals surface area contributed by atoms with Gasteiger partial charge in [-0.25, -0.2) is 4.39 Å². The molecule has 0 aromatic heterocycles. The monoisotopic (exact) mass is 377 g/mol. The number of benzene rings is 2. The van der Waals surface area contributed by atoms with Gasteiger partial charge in [0.25, 0.3) is 0 Å². The molecule has 6 heteroatoms. The normalized spacial score (nSPS) is 12.2. The number of nitrogens with one attached hydrogen (secondary N) is 1. The van der Waals surface area contributed by atoms with Gasteiger partial charge in [0.2, 0.25) is 0 Å². The fraction of sp³-hybridized carbons (Fsp3) is 0.143. The van der Waals surface area contributed by atoms with Crippen LogP contribution in [0.1, 0.15) is 11.6 Å². The predicted molar refractivity (Wildman–Crippen MR) is 84.0 cm³/mol. The zero-order valence-corrected chi connectivity index (χ0v) is 13.3. The summed E-state index contributed by atoms with van der Waals surface area (Å²) in [7, 11) is 0. The summed E-state index contributed by atoms with van der Waals surface area (Å²) in [4.78, 5) is 0. The molecule has 1 unspecified atom stereocenters. The lowest BCUT2D eigenvalue weighted by Gasteiger charge is -2.20. The Balaban J connectivity index is 2.31. The van der Waals surface area contributed by atoms with Crippen molar-refractivity contribution in [2.24, 2.45) is 0 Å². The van der Waals surface area contributed by atoms with E-state index < -0.39 is 11.9 Å². The van der Waals surface area contributed by atoms with Gasteiger partial charge in [0, 0.05) is 20.7 Å². The third-order valence-corrected chi connectivity index (χ3v) is 4.33. The van der Waals surface area contributed by atoms with Crippen LogP contribution < -0.4 is 5.32 Å². The van der Waals surface area contributed by atoms with Gasteiger partial charge < -0.3 is 10.4 Å². The van der Waals surface area contributed by atoms with Crippen LogP contribution in [0.3, 0.4) is 0 Å². The third-order valence-electron chi connectivity index (χ3n) is 2.79. The second-order valence-electron chi connectivity index (χ2n) is 4.14. The molecule has 0 radical (unpaired) electrons. The van der Waals surface area contributed by atoms with Gasteiger partial charge in [-0.1, -0.05) is 29.3 Å². The molecular weight excluding hydrogens is 368 g/mol. The minimum absolute atomic E-state index is 0.239. The van der Waals surface area contributed by atoms with E-state index in [2.05, 4.69) is 21.2 Å². The highest BCUT2D eigenvalue weighted by Crippen LogP contribution is 2.31. The molecule has 0 saturated carbocycles. The fourth-order valence-electron chi connectivity index (χ4n) is 1.84. The van der Waals surface area contributed by atoms with Crippen LogP contribution in [0.15, 0.2) is 40.9 Å². The molecule has 0 fully saturated rings. The molecule has 0 aliphatic carbocycles. The molecular formula is C14H11BrCl2FNO. The van der Waals surface area contributed by atoms with Crippen molar-refractivity contribution in [1.82, 2.24) is 0 Å². The van der Waals surface area contributed by atoms with Gasteiger partial charge in [-0.05, 0) is 46.3 Å². The van der Waals surface area contributed by atoms with Gasteiger partial charge in [-0.15, -0.1) is 0 Å². The highest BCUT2D eigenvalue weighted by atomic mass is 79.9. The van der Waals surface area contributed by atoms with Gasteiger partial charge >= 0.3 is 0 Å². The number of hydrogen-bond acceptors (Lipinski definition) is 2. The zero-order valence-electron chi connectivity index (χ0n) is 10.2. The highest BCUT2D eigenvalue weighted by molar-refractivity contribution is 9.10. The summed E-state index contributed by atoms with van der Waals surface area (Å²) < 4.78 is 14.6. The summed E-state index contributed by atoms with van der Waals surface area (Å²) in [5, 5.41) is 13.4. The van der Waals surface area contributed by atoms with E-state index >= 15 is 0 Å². The third kappa shape index (κ3) is 3.44. The SMILES string of the molecule is OCC(Nc1ccc(Cl)c(Br)c1)c1c(F)cccc1Cl. The first-order valence-corrected chi connectivity index (χ1v) is 7.34. The maximum atomic E-state index is 13.9. The molecule has 2 aromatic rings. The Morgan fingerprint density at radius 1 is 1.20 bits per heavy atom. The first-order chi connectivity index (χ1) is 9.52. The van der Waals surface area contributed by atoms with Crippen LogP contribution in [0, 0.1) is 5.82 Å². The fourth-order valence-corrected chi connectivity index (χ4v) is 2.63. The van der Waals surface area contributed by atoms with Crippen molar-refractivity contribution < 1.29 is 9.50 Å². The zero-order chi connectivity index (χ0) is 14.7. The molecule has 2 rings (SSSR count). The molecule has 20 heavy (non-hydrogen) atoms. The first-order valence-electron chi connectivity index (χ1n) is 5.79. The van der Waals surface area contributed by atoms with Crippen molar-refractivity contribution in [2.45, 2.75) is 6.04 Å². The quantitative estimate of drug-likeness (QED) is 0.780. The average molecular weight is 379 g/mol. The van der Waals surface area contributed by atoms with Gasteiger partial charge in [0.15, 0.2) is 0 Å². The van der Waals surface area contributed by atoms with E-state index in [0.717, 1.165) is 0 Å². The van der Waals surface area contributed by atoms with Crippen LogP contribution in [-0.2, 0) is 0 Å². The van der Waals surface area contributed by atoms with Crippen LogP contribution in [0.4, 0.5) is 10.1 Å². The second kappa shape index (κ2) is 6.76. The molecule has 0 heterocycles. The lowest BCUT2D eigenvalue weighted by molar-refractivity contribution is 0.274. The number of aliphatic hydroxyl groups excluding tert-OH is 1. The Bertz CT molecular complexity index is 604. The number of hydrogen-bond donors (Lipinski definition) is 2. The Hall–Kier alpha value is -0.810. The summed E-state index contributed by atoms with van der Waals surface area (Å²) >= 11 is 15.2. The minimum atomic E-state index is -0.642. The number of anilines is 1. The Morgan fingerprint density at radius 3 is 2.55 bits per heavy atom. The smallest absolute Gasteiger partial charge is 0.130 e. The van der Waals surface area contributed by atoms with Crippen LogP contribution >= 0.6 is 39.1 Å². The van der Waals surface area contributed by atoms with Gasteiger partial charge in [0.1, 0.15) is 5.82 Å². The van der Waals surface area contributed by atoms with E-state index in [1.807, 2.05) is 0 Å². The standard InChI is InChI=1S/C14H11BrCl2FNO/c15-9-6-8(4-5-10(9)16)19-13(7-20)14-11(17)2-1-3-12(14)18/h1-6,13,19-20H,7H2. The number of aliphatic hydroxyl groups is 1. The maximum Gasteiger partial charge on any atom is 0.130 e. The highest BCUT2D eigenvalue weighted by Gasteiger charge is 2.18. The van der Waals surface area contributed by atoms with Crippen molar-refractivity contribution in [3.8, 4) is 0 Å². The molecule has 0 bridgehead atoms. The lowest BCUT2D eigenvalue weighted by atomic mass is 10.1. The predicted octanol–water partition coefficient (Wildman–Crippen LogP) is 5.04. The molecule has 2 N–H and O–H groups in total. The number of halogens is 4. The van der Waals surface area contributed by atoms with E-state index in [1.54, 1.807) is 24.3 Å². The minimum Gasteiger partial charge on any atom is -0.394 e. The van der Waals surface area contributed by atoms with Gasteiger partial charge in [-0.2, -0.15) is 0 Å². The van der Waals surface area contributed by atoms with Crippen molar-refractivity contribution >= 4 is 44.8 Å². The largest absolute Gasteiger partial charge is 0.394 e. The van der Waals surface area contributed by atoms with Crippen LogP contribution in [0.5, 0.6) is 0 Å². The van der Waals surface area contributed by atoms with E-state index in [0.29, 0.717) is 15.2 Å². The molecule has 0 amide bonds. The Morgan fingerprint density at radius 2 is 1.95 bits per heavy atom. The van der Waals surface area contributed by atoms with E-state index in [-0.39, 0.29) is 17.2 Å². The summed E-state index contributed by atoms with van der Waals surface area (Å²) in [5.74, 6) is -0.461. The van der Waals surface area contributed by atoms with Gasteiger partial charge in [-0.3, -0.25) is 0 Å². The molecule has 2 nitrogen and oxygen atoms in total. The number of rotatable bonds is 4. The molecule has 106 valence electrons. The summed E-state index contributed by atoms with van der Waals surface area (Å²) in [6.45, 7) is -0.291. The van der Waals surface area contributed by atoms with E-state index in [1.165, 1.54) is 12.1 Å². The molecule has 0 spiro atoms. The topological polar surface area (TPSA) is 32.3 Å². The molecule has 0 aliphatic rings. The van der Waals surface area contributed by atoms with Crippen LogP contribution in [-0.4, -0.2) is 11.7 Å². The maximum absolute atomic E-state index is 13.9.